The minimum Gasteiger partial charge on any atom is -0.468 e. The summed E-state index contributed by atoms with van der Waals surface area (Å²) in [5, 5.41) is 11.0. The van der Waals surface area contributed by atoms with Crippen LogP contribution in [0, 0.1) is 11.3 Å². The monoisotopic (exact) mass is 323 g/mol. The van der Waals surface area contributed by atoms with Gasteiger partial charge in [-0.1, -0.05) is 33.3 Å². The van der Waals surface area contributed by atoms with E-state index in [0.29, 0.717) is 12.8 Å². The van der Waals surface area contributed by atoms with E-state index in [4.69, 9.17) is 4.74 Å². The van der Waals surface area contributed by atoms with Crippen molar-refractivity contribution in [2.24, 2.45) is 11.3 Å². The molecule has 1 aliphatic rings. The summed E-state index contributed by atoms with van der Waals surface area (Å²) in [7, 11) is 1.22. The van der Waals surface area contributed by atoms with Gasteiger partial charge >= 0.3 is 5.97 Å². The van der Waals surface area contributed by atoms with Crippen molar-refractivity contribution in [1.29, 1.82) is 0 Å². The summed E-state index contributed by atoms with van der Waals surface area (Å²) >= 11 is 0. The number of hydrogen-bond acceptors (Lipinski definition) is 6. The lowest BCUT2D eigenvalue weighted by Crippen LogP contribution is -2.47. The molecule has 0 spiro atoms. The number of methoxy groups -OCH3 is 1. The molecule has 0 aromatic carbocycles. The lowest BCUT2D eigenvalue weighted by molar-refractivity contribution is -0.155. The van der Waals surface area contributed by atoms with Gasteiger partial charge in [0, 0.05) is 6.42 Å². The van der Waals surface area contributed by atoms with E-state index in [9.17, 15) is 19.6 Å². The molecular weight excluding hydrogens is 298 g/mol. The lowest BCUT2D eigenvalue weighted by Gasteiger charge is -2.37. The van der Waals surface area contributed by atoms with Gasteiger partial charge in [0.1, 0.15) is 5.92 Å². The number of hydrogen-bond donors (Lipinski definition) is 1. The first kappa shape index (κ1) is 19.1. The molecule has 1 atom stereocenters. The second kappa shape index (κ2) is 7.55. The smallest absolute Gasteiger partial charge is 0.317 e. The molecule has 1 rings (SSSR count). The first-order valence-electron chi connectivity index (χ1n) is 7.66. The quantitative estimate of drug-likeness (QED) is 0.202. The zero-order valence-electron chi connectivity index (χ0n) is 14.2. The van der Waals surface area contributed by atoms with Gasteiger partial charge in [0.15, 0.2) is 11.6 Å². The van der Waals surface area contributed by atoms with Gasteiger partial charge < -0.3 is 4.74 Å². The first-order chi connectivity index (χ1) is 10.7. The summed E-state index contributed by atoms with van der Waals surface area (Å²) in [5.74, 6) is -2.64. The molecular formula is C17H25NO5. The Bertz CT molecular complexity index is 547. The van der Waals surface area contributed by atoms with Crippen molar-refractivity contribution in [2.45, 2.75) is 40.0 Å². The Morgan fingerprint density at radius 1 is 1.48 bits per heavy atom. The topological polar surface area (TPSA) is 83.9 Å². The number of ether oxygens (including phenoxy) is 1. The Balaban J connectivity index is 3.44. The number of hydroxylamine groups is 2. The molecule has 1 saturated carbocycles. The van der Waals surface area contributed by atoms with Crippen LogP contribution in [0.4, 0.5) is 0 Å². The fraction of sp³-hybridized carbons (Fsp3) is 0.588. The third-order valence-corrected chi connectivity index (χ3v) is 4.01. The second-order valence-electron chi connectivity index (χ2n) is 6.35. The Morgan fingerprint density at radius 3 is 2.57 bits per heavy atom. The molecule has 6 heteroatoms. The second-order valence-corrected chi connectivity index (χ2v) is 6.35. The summed E-state index contributed by atoms with van der Waals surface area (Å²) in [6, 6.07) is 0. The largest absolute Gasteiger partial charge is 0.468 e. The molecule has 1 unspecified atom stereocenters. The van der Waals surface area contributed by atoms with E-state index in [1.807, 2.05) is 6.92 Å². The molecule has 0 bridgehead atoms. The van der Waals surface area contributed by atoms with Crippen LogP contribution < -0.4 is 0 Å². The number of nitrogens with zero attached hydrogens (tertiary/aromatic N) is 1. The van der Waals surface area contributed by atoms with Crippen LogP contribution in [0.3, 0.4) is 0 Å². The van der Waals surface area contributed by atoms with Crippen LogP contribution in [0.5, 0.6) is 0 Å². The molecule has 0 aromatic heterocycles. The fourth-order valence-electron chi connectivity index (χ4n) is 2.94. The molecule has 0 amide bonds. The Hall–Kier alpha value is -1.95. The predicted octanol–water partition coefficient (Wildman–Crippen LogP) is 2.28. The summed E-state index contributed by atoms with van der Waals surface area (Å²) < 4.78 is 4.74. The number of ketones is 2. The summed E-state index contributed by atoms with van der Waals surface area (Å²) in [4.78, 5) is 37.4. The molecule has 0 radical (unpaired) electrons. The fourth-order valence-corrected chi connectivity index (χ4v) is 2.94. The third-order valence-electron chi connectivity index (χ3n) is 4.01. The van der Waals surface area contributed by atoms with Crippen molar-refractivity contribution in [1.82, 2.24) is 5.06 Å². The molecule has 1 aliphatic carbocycles. The van der Waals surface area contributed by atoms with Crippen molar-refractivity contribution in [2.75, 3.05) is 13.7 Å². The zero-order chi connectivity index (χ0) is 17.8. The van der Waals surface area contributed by atoms with Gasteiger partial charge in [-0.05, 0) is 11.8 Å². The SMILES string of the molecule is C=CCN(O)C(CCC)=C1C(=O)CC(C)(C)C(C(=O)OC)C1=O. The molecule has 128 valence electrons. The van der Waals surface area contributed by atoms with E-state index in [1.165, 1.54) is 13.2 Å². The number of carbonyl (C=O) groups is 3. The molecule has 0 heterocycles. The molecule has 1 fully saturated rings. The molecule has 23 heavy (non-hydrogen) atoms. The summed E-state index contributed by atoms with van der Waals surface area (Å²) in [5.41, 5.74) is -0.668. The van der Waals surface area contributed by atoms with E-state index in [1.54, 1.807) is 13.8 Å². The van der Waals surface area contributed by atoms with E-state index in [-0.39, 0.29) is 30.0 Å². The van der Waals surface area contributed by atoms with Crippen molar-refractivity contribution < 1.29 is 24.3 Å². The van der Waals surface area contributed by atoms with Crippen molar-refractivity contribution in [3.8, 4) is 0 Å². The van der Waals surface area contributed by atoms with Gasteiger partial charge in [-0.25, -0.2) is 0 Å². The van der Waals surface area contributed by atoms with E-state index in [2.05, 4.69) is 6.58 Å². The summed E-state index contributed by atoms with van der Waals surface area (Å²) in [6.07, 6.45) is 2.50. The molecule has 1 N–H and O–H groups in total. The maximum absolute atomic E-state index is 12.8. The molecule has 0 aromatic rings. The van der Waals surface area contributed by atoms with E-state index in [0.717, 1.165) is 5.06 Å². The normalized spacial score (nSPS) is 22.6. The molecule has 0 saturated heterocycles. The lowest BCUT2D eigenvalue weighted by atomic mass is 9.65. The highest BCUT2D eigenvalue weighted by Gasteiger charge is 2.50. The van der Waals surface area contributed by atoms with E-state index < -0.39 is 23.1 Å². The molecule has 6 nitrogen and oxygen atoms in total. The van der Waals surface area contributed by atoms with Crippen LogP contribution in [0.25, 0.3) is 0 Å². The van der Waals surface area contributed by atoms with Crippen molar-refractivity contribution >= 4 is 17.5 Å². The average molecular weight is 323 g/mol. The summed E-state index contributed by atoms with van der Waals surface area (Å²) in [6.45, 7) is 8.89. The third kappa shape index (κ3) is 3.88. The van der Waals surface area contributed by atoms with Crippen LogP contribution in [-0.2, 0) is 19.1 Å². The Kier molecular flexibility index (Phi) is 6.27. The maximum Gasteiger partial charge on any atom is 0.317 e. The number of allylic oxidation sites excluding steroid dienone is 2. The number of rotatable bonds is 6. The Labute approximate surface area is 136 Å². The standard InChI is InChI=1S/C17H25NO5/c1-6-8-11(18(22)9-7-2)13-12(19)10-17(3,4)14(15(13)20)16(21)23-5/h7,14,22H,2,6,8-10H2,1,3-5H3. The maximum atomic E-state index is 12.8. The average Bonchev–Trinajstić information content (AvgIpc) is 2.44. The van der Waals surface area contributed by atoms with E-state index >= 15 is 0 Å². The number of carbonyl (C=O) groups excluding carboxylic acids is 3. The van der Waals surface area contributed by atoms with Crippen LogP contribution in [0.2, 0.25) is 0 Å². The van der Waals surface area contributed by atoms with Gasteiger partial charge in [0.05, 0.1) is 24.9 Å². The minimum absolute atomic E-state index is 0.0446. The van der Waals surface area contributed by atoms with Crippen molar-refractivity contribution in [3.05, 3.63) is 23.9 Å². The van der Waals surface area contributed by atoms with Gasteiger partial charge in [-0.2, -0.15) is 0 Å². The van der Waals surface area contributed by atoms with Gasteiger partial charge in [0.25, 0.3) is 0 Å². The highest BCUT2D eigenvalue weighted by atomic mass is 16.5. The first-order valence-corrected chi connectivity index (χ1v) is 7.66. The minimum atomic E-state index is -1.05. The zero-order valence-corrected chi connectivity index (χ0v) is 14.2. The van der Waals surface area contributed by atoms with Crippen LogP contribution in [0.15, 0.2) is 23.9 Å². The highest BCUT2D eigenvalue weighted by Crippen LogP contribution is 2.41. The van der Waals surface area contributed by atoms with Crippen LogP contribution in [0.1, 0.15) is 40.0 Å². The number of esters is 1. The molecule has 0 aliphatic heterocycles. The van der Waals surface area contributed by atoms with Crippen LogP contribution >= 0.6 is 0 Å². The van der Waals surface area contributed by atoms with Gasteiger partial charge in [0.2, 0.25) is 0 Å². The predicted molar refractivity (Wildman–Crippen MR) is 84.5 cm³/mol. The van der Waals surface area contributed by atoms with Crippen molar-refractivity contribution in [3.63, 3.8) is 0 Å². The number of Topliss-reactive ketones (excluding diaryl/α,β-unsaturated/α-hetero) is 2. The van der Waals surface area contributed by atoms with Gasteiger partial charge in [-0.15, -0.1) is 6.58 Å². The van der Waals surface area contributed by atoms with Crippen LogP contribution in [-0.4, -0.2) is 41.5 Å². The van der Waals surface area contributed by atoms with Gasteiger partial charge in [-0.3, -0.25) is 24.7 Å². The Morgan fingerprint density at radius 2 is 2.09 bits per heavy atom. The highest BCUT2D eigenvalue weighted by molar-refractivity contribution is 6.27.